The average molecular weight is 382 g/mol. The van der Waals surface area contributed by atoms with Gasteiger partial charge in [0, 0.05) is 5.02 Å². The number of carbonyl (C=O) groups excluding carboxylic acids is 2. The number of esters is 1. The predicted molar refractivity (Wildman–Crippen MR) is 93.2 cm³/mol. The van der Waals surface area contributed by atoms with Gasteiger partial charge in [-0.2, -0.15) is 0 Å². The van der Waals surface area contributed by atoms with Crippen molar-refractivity contribution < 1.29 is 28.2 Å². The number of methoxy groups -OCH3 is 1. The molecule has 2 aromatic rings. The van der Waals surface area contributed by atoms with E-state index in [1.54, 1.807) is 18.2 Å². The summed E-state index contributed by atoms with van der Waals surface area (Å²) in [5, 5.41) is 2.68. The number of carbonyl (C=O) groups is 2. The fourth-order valence-corrected chi connectivity index (χ4v) is 2.16. The minimum absolute atomic E-state index is 0.159. The van der Waals surface area contributed by atoms with Crippen LogP contribution in [0.1, 0.15) is 10.4 Å². The molecule has 0 radical (unpaired) electrons. The largest absolute Gasteiger partial charge is 0.493 e. The van der Waals surface area contributed by atoms with Crippen LogP contribution in [0.5, 0.6) is 11.5 Å². The molecule has 6 nitrogen and oxygen atoms in total. The van der Waals surface area contributed by atoms with Crippen LogP contribution in [0.4, 0.5) is 4.39 Å². The molecule has 0 atom stereocenters. The van der Waals surface area contributed by atoms with E-state index in [-0.39, 0.29) is 23.7 Å². The second-order valence-electron chi connectivity index (χ2n) is 5.05. The Bertz CT molecular complexity index is 784. The van der Waals surface area contributed by atoms with Crippen molar-refractivity contribution in [3.63, 3.8) is 0 Å². The molecule has 1 N–H and O–H groups in total. The Morgan fingerprint density at radius 3 is 2.58 bits per heavy atom. The first-order valence-corrected chi connectivity index (χ1v) is 8.03. The first-order valence-electron chi connectivity index (χ1n) is 7.66. The SMILES string of the molecule is COc1ccccc1OCCNC(=O)COC(=O)c1ccc(Cl)cc1F. The molecule has 0 saturated heterocycles. The maximum atomic E-state index is 13.6. The molecule has 8 heteroatoms. The van der Waals surface area contributed by atoms with E-state index in [4.69, 9.17) is 25.8 Å². The molecule has 138 valence electrons. The van der Waals surface area contributed by atoms with Gasteiger partial charge in [-0.1, -0.05) is 23.7 Å². The normalized spacial score (nSPS) is 10.1. The van der Waals surface area contributed by atoms with Crippen LogP contribution in [-0.2, 0) is 9.53 Å². The third-order valence-electron chi connectivity index (χ3n) is 3.24. The Hall–Kier alpha value is -2.80. The number of para-hydroxylation sites is 2. The highest BCUT2D eigenvalue weighted by atomic mass is 35.5. The van der Waals surface area contributed by atoms with Gasteiger partial charge in [0.2, 0.25) is 0 Å². The van der Waals surface area contributed by atoms with E-state index in [1.807, 2.05) is 6.07 Å². The molecule has 0 bridgehead atoms. The fraction of sp³-hybridized carbons (Fsp3) is 0.222. The van der Waals surface area contributed by atoms with Crippen molar-refractivity contribution in [2.75, 3.05) is 26.9 Å². The van der Waals surface area contributed by atoms with Crippen molar-refractivity contribution in [2.24, 2.45) is 0 Å². The quantitative estimate of drug-likeness (QED) is 0.562. The predicted octanol–water partition coefficient (Wildman–Crippen LogP) is 2.84. The van der Waals surface area contributed by atoms with Gasteiger partial charge in [0.05, 0.1) is 19.2 Å². The molecule has 0 saturated carbocycles. The molecule has 0 unspecified atom stereocenters. The van der Waals surface area contributed by atoms with Crippen molar-refractivity contribution in [1.29, 1.82) is 0 Å². The molecular weight excluding hydrogens is 365 g/mol. The van der Waals surface area contributed by atoms with Gasteiger partial charge in [-0.05, 0) is 30.3 Å². The van der Waals surface area contributed by atoms with Crippen molar-refractivity contribution in [2.45, 2.75) is 0 Å². The summed E-state index contributed by atoms with van der Waals surface area (Å²) in [4.78, 5) is 23.4. The van der Waals surface area contributed by atoms with Gasteiger partial charge in [-0.15, -0.1) is 0 Å². The van der Waals surface area contributed by atoms with E-state index in [2.05, 4.69) is 5.32 Å². The lowest BCUT2D eigenvalue weighted by molar-refractivity contribution is -0.124. The molecule has 0 aromatic heterocycles. The second kappa shape index (κ2) is 9.62. The Labute approximate surface area is 154 Å². The highest BCUT2D eigenvalue weighted by Crippen LogP contribution is 2.25. The molecule has 0 aliphatic heterocycles. The number of hydrogen-bond acceptors (Lipinski definition) is 5. The van der Waals surface area contributed by atoms with E-state index >= 15 is 0 Å². The molecule has 0 heterocycles. The monoisotopic (exact) mass is 381 g/mol. The smallest absolute Gasteiger partial charge is 0.341 e. The Morgan fingerprint density at radius 1 is 1.15 bits per heavy atom. The molecular formula is C18H17ClFNO5. The molecule has 2 rings (SSSR count). The van der Waals surface area contributed by atoms with Crippen LogP contribution in [0.15, 0.2) is 42.5 Å². The number of nitrogens with one attached hydrogen (secondary N) is 1. The molecule has 2 aromatic carbocycles. The topological polar surface area (TPSA) is 73.9 Å². The van der Waals surface area contributed by atoms with Crippen molar-refractivity contribution in [1.82, 2.24) is 5.32 Å². The average Bonchev–Trinajstić information content (AvgIpc) is 2.63. The van der Waals surface area contributed by atoms with Gasteiger partial charge in [-0.3, -0.25) is 4.79 Å². The number of rotatable bonds is 8. The van der Waals surface area contributed by atoms with Gasteiger partial charge in [0.1, 0.15) is 12.4 Å². The number of ether oxygens (including phenoxy) is 3. The first-order chi connectivity index (χ1) is 12.5. The summed E-state index contributed by atoms with van der Waals surface area (Å²) >= 11 is 5.61. The lowest BCUT2D eigenvalue weighted by Crippen LogP contribution is -2.32. The summed E-state index contributed by atoms with van der Waals surface area (Å²) in [7, 11) is 1.53. The summed E-state index contributed by atoms with van der Waals surface area (Å²) in [5.41, 5.74) is -0.290. The third-order valence-corrected chi connectivity index (χ3v) is 3.47. The van der Waals surface area contributed by atoms with Crippen LogP contribution in [0.3, 0.4) is 0 Å². The van der Waals surface area contributed by atoms with E-state index < -0.39 is 24.3 Å². The van der Waals surface area contributed by atoms with Crippen LogP contribution >= 0.6 is 11.6 Å². The molecule has 0 spiro atoms. The van der Waals surface area contributed by atoms with Gasteiger partial charge >= 0.3 is 5.97 Å². The molecule has 0 aliphatic carbocycles. The zero-order chi connectivity index (χ0) is 18.9. The number of amides is 1. The van der Waals surface area contributed by atoms with Crippen molar-refractivity contribution in [3.05, 3.63) is 58.9 Å². The lowest BCUT2D eigenvalue weighted by Gasteiger charge is -2.11. The summed E-state index contributed by atoms with van der Waals surface area (Å²) < 4.78 is 29.0. The van der Waals surface area contributed by atoms with Gasteiger partial charge in [-0.25, -0.2) is 9.18 Å². The summed E-state index contributed by atoms with van der Waals surface area (Å²) in [5.74, 6) is -1.16. The summed E-state index contributed by atoms with van der Waals surface area (Å²) in [6.07, 6.45) is 0. The standard InChI is InChI=1S/C18H17ClFNO5/c1-24-15-4-2-3-5-16(15)25-9-8-21-17(22)11-26-18(23)13-7-6-12(19)10-14(13)20/h2-7,10H,8-9,11H2,1H3,(H,21,22). The van der Waals surface area contributed by atoms with Gasteiger partial charge < -0.3 is 19.5 Å². The zero-order valence-electron chi connectivity index (χ0n) is 14.0. The van der Waals surface area contributed by atoms with Crippen LogP contribution in [0.25, 0.3) is 0 Å². The van der Waals surface area contributed by atoms with Crippen LogP contribution < -0.4 is 14.8 Å². The molecule has 0 fully saturated rings. The van der Waals surface area contributed by atoms with E-state index in [1.165, 1.54) is 19.2 Å². The summed E-state index contributed by atoms with van der Waals surface area (Å²) in [6, 6.07) is 10.6. The number of halogens is 2. The van der Waals surface area contributed by atoms with Crippen LogP contribution in [0, 0.1) is 5.82 Å². The van der Waals surface area contributed by atoms with E-state index in [0.717, 1.165) is 6.07 Å². The fourth-order valence-electron chi connectivity index (χ4n) is 2.00. The molecule has 1 amide bonds. The third kappa shape index (κ3) is 5.63. The highest BCUT2D eigenvalue weighted by Gasteiger charge is 2.15. The van der Waals surface area contributed by atoms with Crippen molar-refractivity contribution in [3.8, 4) is 11.5 Å². The lowest BCUT2D eigenvalue weighted by atomic mass is 10.2. The number of hydrogen-bond donors (Lipinski definition) is 1. The Balaban J connectivity index is 1.71. The first kappa shape index (κ1) is 19.5. The Morgan fingerprint density at radius 2 is 1.88 bits per heavy atom. The number of benzene rings is 2. The molecule has 0 aliphatic rings. The van der Waals surface area contributed by atoms with Crippen molar-refractivity contribution >= 4 is 23.5 Å². The molecule has 26 heavy (non-hydrogen) atoms. The van der Waals surface area contributed by atoms with E-state index in [0.29, 0.717) is 11.5 Å². The highest BCUT2D eigenvalue weighted by molar-refractivity contribution is 6.30. The summed E-state index contributed by atoms with van der Waals surface area (Å²) in [6.45, 7) is -0.134. The maximum Gasteiger partial charge on any atom is 0.341 e. The minimum atomic E-state index is -0.945. The maximum absolute atomic E-state index is 13.6. The van der Waals surface area contributed by atoms with Gasteiger partial charge in [0.15, 0.2) is 18.1 Å². The van der Waals surface area contributed by atoms with E-state index in [9.17, 15) is 14.0 Å². The zero-order valence-corrected chi connectivity index (χ0v) is 14.7. The van der Waals surface area contributed by atoms with Crippen LogP contribution in [-0.4, -0.2) is 38.7 Å². The Kier molecular flexibility index (Phi) is 7.23. The van der Waals surface area contributed by atoms with Crippen LogP contribution in [0.2, 0.25) is 5.02 Å². The second-order valence-corrected chi connectivity index (χ2v) is 5.49. The van der Waals surface area contributed by atoms with Gasteiger partial charge in [0.25, 0.3) is 5.91 Å². The minimum Gasteiger partial charge on any atom is -0.493 e.